The molecule has 0 aliphatic heterocycles. The van der Waals surface area contributed by atoms with Gasteiger partial charge >= 0.3 is 0 Å². The monoisotopic (exact) mass is 249 g/mol. The predicted molar refractivity (Wildman–Crippen MR) is 67.7 cm³/mol. The molecule has 0 atom stereocenters. The van der Waals surface area contributed by atoms with E-state index in [1.54, 1.807) is 6.20 Å². The van der Waals surface area contributed by atoms with E-state index in [-0.39, 0.29) is 12.5 Å². The second kappa shape index (κ2) is 5.12. The molecule has 4 nitrogen and oxygen atoms in total. The molecule has 2 rings (SSSR count). The molecule has 0 unspecified atom stereocenters. The van der Waals surface area contributed by atoms with Gasteiger partial charge in [-0.05, 0) is 23.8 Å². The minimum atomic E-state index is -0.378. The number of hydrogen-bond acceptors (Lipinski definition) is 3. The molecule has 0 fully saturated rings. The van der Waals surface area contributed by atoms with Gasteiger partial charge in [0, 0.05) is 23.2 Å². The maximum Gasteiger partial charge on any atom is 0.231 e. The summed E-state index contributed by atoms with van der Waals surface area (Å²) in [5, 5.41) is 4.54. The first-order chi connectivity index (χ1) is 8.18. The number of benzene rings is 1. The van der Waals surface area contributed by atoms with Gasteiger partial charge in [0.25, 0.3) is 0 Å². The maximum absolute atomic E-state index is 10.6. The summed E-state index contributed by atoms with van der Waals surface area (Å²) in [4.78, 5) is 14.9. The van der Waals surface area contributed by atoms with Crippen molar-refractivity contribution in [2.75, 3.05) is 6.54 Å². The molecule has 1 amide bonds. The highest BCUT2D eigenvalue weighted by atomic mass is 35.5. The summed E-state index contributed by atoms with van der Waals surface area (Å²) < 4.78 is 0. The molecule has 0 radical (unpaired) electrons. The molecule has 3 N–H and O–H groups in total. The van der Waals surface area contributed by atoms with E-state index in [1.165, 1.54) is 0 Å². The lowest BCUT2D eigenvalue weighted by Gasteiger charge is -2.07. The van der Waals surface area contributed by atoms with E-state index in [9.17, 15) is 4.79 Å². The highest BCUT2D eigenvalue weighted by Crippen LogP contribution is 2.24. The smallest absolute Gasteiger partial charge is 0.231 e. The fourth-order valence-electron chi connectivity index (χ4n) is 1.66. The Hall–Kier alpha value is -1.65. The minimum absolute atomic E-state index is 0.150. The number of carbonyl (C=O) groups is 1. The van der Waals surface area contributed by atoms with Gasteiger partial charge in [-0.15, -0.1) is 0 Å². The largest absolute Gasteiger partial charge is 0.369 e. The first kappa shape index (κ1) is 11.8. The third-order valence-electron chi connectivity index (χ3n) is 2.41. The zero-order valence-electron chi connectivity index (χ0n) is 9.11. The van der Waals surface area contributed by atoms with Crippen LogP contribution in [0.4, 0.5) is 0 Å². The Balaban J connectivity index is 2.28. The van der Waals surface area contributed by atoms with E-state index in [4.69, 9.17) is 17.3 Å². The number of rotatable bonds is 4. The lowest BCUT2D eigenvalue weighted by atomic mass is 10.1. The van der Waals surface area contributed by atoms with Gasteiger partial charge < -0.3 is 11.1 Å². The van der Waals surface area contributed by atoms with Crippen LogP contribution in [0.3, 0.4) is 0 Å². The van der Waals surface area contributed by atoms with Crippen molar-refractivity contribution in [3.8, 4) is 0 Å². The Morgan fingerprint density at radius 2 is 2.24 bits per heavy atom. The van der Waals surface area contributed by atoms with E-state index >= 15 is 0 Å². The third-order valence-corrected chi connectivity index (χ3v) is 2.74. The SMILES string of the molecule is NC(=O)CNCc1ccc(Cl)c2cccnc12. The number of fused-ring (bicyclic) bond motifs is 1. The summed E-state index contributed by atoms with van der Waals surface area (Å²) in [5.74, 6) is -0.378. The number of aromatic nitrogens is 1. The zero-order chi connectivity index (χ0) is 12.3. The van der Waals surface area contributed by atoms with Crippen LogP contribution >= 0.6 is 11.6 Å². The van der Waals surface area contributed by atoms with Gasteiger partial charge in [0.1, 0.15) is 0 Å². The number of hydrogen-bond donors (Lipinski definition) is 2. The Kier molecular flexibility index (Phi) is 3.56. The number of amides is 1. The molecule has 1 heterocycles. The summed E-state index contributed by atoms with van der Waals surface area (Å²) in [6.07, 6.45) is 1.72. The summed E-state index contributed by atoms with van der Waals surface area (Å²) >= 11 is 6.08. The van der Waals surface area contributed by atoms with Crippen LogP contribution in [0.25, 0.3) is 10.9 Å². The molecule has 0 bridgehead atoms. The average Bonchev–Trinajstić information content (AvgIpc) is 2.32. The minimum Gasteiger partial charge on any atom is -0.369 e. The van der Waals surface area contributed by atoms with Crippen LogP contribution < -0.4 is 11.1 Å². The van der Waals surface area contributed by atoms with Crippen LogP contribution in [0, 0.1) is 0 Å². The number of carbonyl (C=O) groups excluding carboxylic acids is 1. The summed E-state index contributed by atoms with van der Waals surface area (Å²) in [7, 11) is 0. The molecule has 88 valence electrons. The van der Waals surface area contributed by atoms with Gasteiger partial charge in [0.2, 0.25) is 5.91 Å². The molecule has 0 saturated carbocycles. The Morgan fingerprint density at radius 1 is 1.41 bits per heavy atom. The van der Waals surface area contributed by atoms with E-state index in [0.717, 1.165) is 16.5 Å². The van der Waals surface area contributed by atoms with Crippen molar-refractivity contribution in [1.82, 2.24) is 10.3 Å². The number of primary amides is 1. The lowest BCUT2D eigenvalue weighted by molar-refractivity contribution is -0.117. The van der Waals surface area contributed by atoms with Crippen LogP contribution in [0.5, 0.6) is 0 Å². The van der Waals surface area contributed by atoms with Gasteiger partial charge in [-0.1, -0.05) is 17.7 Å². The zero-order valence-corrected chi connectivity index (χ0v) is 9.87. The van der Waals surface area contributed by atoms with Crippen LogP contribution in [-0.2, 0) is 11.3 Å². The quantitative estimate of drug-likeness (QED) is 0.862. The van der Waals surface area contributed by atoms with E-state index in [0.29, 0.717) is 11.6 Å². The van der Waals surface area contributed by atoms with Crippen molar-refractivity contribution < 1.29 is 4.79 Å². The molecule has 0 saturated heterocycles. The number of nitrogens with two attached hydrogens (primary N) is 1. The molecule has 2 aromatic rings. The number of nitrogens with one attached hydrogen (secondary N) is 1. The van der Waals surface area contributed by atoms with Crippen molar-refractivity contribution in [3.63, 3.8) is 0 Å². The molecular weight excluding hydrogens is 238 g/mol. The molecule has 1 aromatic heterocycles. The van der Waals surface area contributed by atoms with E-state index < -0.39 is 0 Å². The Morgan fingerprint density at radius 3 is 3.00 bits per heavy atom. The molecule has 5 heteroatoms. The Bertz CT molecular complexity index is 556. The maximum atomic E-state index is 10.6. The summed E-state index contributed by atoms with van der Waals surface area (Å²) in [5.41, 5.74) is 6.89. The van der Waals surface area contributed by atoms with Gasteiger partial charge in [0.15, 0.2) is 0 Å². The van der Waals surface area contributed by atoms with E-state index in [1.807, 2.05) is 24.3 Å². The first-order valence-corrected chi connectivity index (χ1v) is 5.57. The predicted octanol–water partition coefficient (Wildman–Crippen LogP) is 1.46. The topological polar surface area (TPSA) is 68.0 Å². The van der Waals surface area contributed by atoms with Crippen LogP contribution in [-0.4, -0.2) is 17.4 Å². The van der Waals surface area contributed by atoms with Gasteiger partial charge in [0.05, 0.1) is 12.1 Å². The molecule has 0 aliphatic carbocycles. The highest BCUT2D eigenvalue weighted by Gasteiger charge is 2.05. The van der Waals surface area contributed by atoms with Crippen molar-refractivity contribution >= 4 is 28.4 Å². The average molecular weight is 250 g/mol. The normalized spacial score (nSPS) is 10.6. The standard InChI is InChI=1S/C12H12ClN3O/c13-10-4-3-8(6-15-7-11(14)17)12-9(10)2-1-5-16-12/h1-5,15H,6-7H2,(H2,14,17). The van der Waals surface area contributed by atoms with E-state index in [2.05, 4.69) is 10.3 Å². The Labute approximate surface area is 104 Å². The van der Waals surface area contributed by atoms with Crippen molar-refractivity contribution in [1.29, 1.82) is 0 Å². The molecule has 0 spiro atoms. The second-order valence-electron chi connectivity index (χ2n) is 3.68. The van der Waals surface area contributed by atoms with Crippen LogP contribution in [0.15, 0.2) is 30.5 Å². The van der Waals surface area contributed by atoms with Crippen LogP contribution in [0.2, 0.25) is 5.02 Å². The van der Waals surface area contributed by atoms with Gasteiger partial charge in [-0.25, -0.2) is 0 Å². The molecular formula is C12H12ClN3O. The summed E-state index contributed by atoms with van der Waals surface area (Å²) in [6.45, 7) is 0.685. The third kappa shape index (κ3) is 2.72. The van der Waals surface area contributed by atoms with Gasteiger partial charge in [-0.2, -0.15) is 0 Å². The molecule has 17 heavy (non-hydrogen) atoms. The number of nitrogens with zero attached hydrogens (tertiary/aromatic N) is 1. The fraction of sp³-hybridized carbons (Fsp3) is 0.167. The first-order valence-electron chi connectivity index (χ1n) is 5.19. The highest BCUT2D eigenvalue weighted by molar-refractivity contribution is 6.35. The van der Waals surface area contributed by atoms with Crippen LogP contribution in [0.1, 0.15) is 5.56 Å². The fourth-order valence-corrected chi connectivity index (χ4v) is 1.87. The van der Waals surface area contributed by atoms with Crippen molar-refractivity contribution in [2.45, 2.75) is 6.54 Å². The number of pyridine rings is 1. The van der Waals surface area contributed by atoms with Crippen molar-refractivity contribution in [2.24, 2.45) is 5.73 Å². The van der Waals surface area contributed by atoms with Gasteiger partial charge in [-0.3, -0.25) is 9.78 Å². The summed E-state index contributed by atoms with van der Waals surface area (Å²) in [6, 6.07) is 7.48. The molecule has 0 aliphatic rings. The number of halogens is 1. The molecule has 1 aromatic carbocycles. The second-order valence-corrected chi connectivity index (χ2v) is 4.08. The lowest BCUT2D eigenvalue weighted by Crippen LogP contribution is -2.28. The van der Waals surface area contributed by atoms with Crippen molar-refractivity contribution in [3.05, 3.63) is 41.0 Å².